The van der Waals surface area contributed by atoms with Crippen molar-refractivity contribution >= 4 is 5.78 Å². The molecule has 1 aromatic carbocycles. The third-order valence-electron chi connectivity index (χ3n) is 3.44. The molecule has 0 heterocycles. The number of hydrogen-bond donors (Lipinski definition) is 0. The first-order valence-corrected chi connectivity index (χ1v) is 6.73. The van der Waals surface area contributed by atoms with Crippen LogP contribution in [0.2, 0.25) is 0 Å². The molecule has 17 heavy (non-hydrogen) atoms. The summed E-state index contributed by atoms with van der Waals surface area (Å²) in [6.07, 6.45) is 4.47. The summed E-state index contributed by atoms with van der Waals surface area (Å²) >= 11 is 0. The van der Waals surface area contributed by atoms with Crippen LogP contribution in [0.1, 0.15) is 61.5 Å². The fourth-order valence-corrected chi connectivity index (χ4v) is 1.99. The van der Waals surface area contributed by atoms with Gasteiger partial charge in [-0.25, -0.2) is 0 Å². The average Bonchev–Trinajstić information content (AvgIpc) is 2.34. The van der Waals surface area contributed by atoms with Gasteiger partial charge < -0.3 is 0 Å². The lowest BCUT2D eigenvalue weighted by molar-refractivity contribution is 0.0926. The van der Waals surface area contributed by atoms with E-state index in [4.69, 9.17) is 0 Å². The maximum absolute atomic E-state index is 12.1. The summed E-state index contributed by atoms with van der Waals surface area (Å²) in [6.45, 7) is 8.32. The molecule has 1 heteroatoms. The molecule has 0 amide bonds. The molecule has 0 saturated heterocycles. The van der Waals surface area contributed by atoms with Crippen molar-refractivity contribution in [2.24, 2.45) is 5.92 Å². The molecule has 0 aliphatic heterocycles. The van der Waals surface area contributed by atoms with Gasteiger partial charge in [0.05, 0.1) is 0 Å². The van der Waals surface area contributed by atoms with E-state index in [0.29, 0.717) is 0 Å². The van der Waals surface area contributed by atoms with Crippen molar-refractivity contribution in [3.8, 4) is 0 Å². The number of aryl methyl sites for hydroxylation is 2. The van der Waals surface area contributed by atoms with Crippen molar-refractivity contribution in [3.05, 3.63) is 34.9 Å². The maximum Gasteiger partial charge on any atom is 0.165 e. The second-order valence-corrected chi connectivity index (χ2v) is 4.93. The molecule has 0 saturated carbocycles. The summed E-state index contributed by atoms with van der Waals surface area (Å²) < 4.78 is 0. The zero-order valence-corrected chi connectivity index (χ0v) is 11.5. The summed E-state index contributed by atoms with van der Waals surface area (Å²) in [5.41, 5.74) is 3.38. The number of rotatable bonds is 6. The fraction of sp³-hybridized carbons (Fsp3) is 0.562. The lowest BCUT2D eigenvalue weighted by Crippen LogP contribution is -2.11. The predicted molar refractivity (Wildman–Crippen MR) is 73.6 cm³/mol. The molecule has 1 rings (SSSR count). The minimum atomic E-state index is 0.134. The normalized spacial score (nSPS) is 12.5. The van der Waals surface area contributed by atoms with E-state index in [9.17, 15) is 4.79 Å². The van der Waals surface area contributed by atoms with Crippen molar-refractivity contribution in [1.29, 1.82) is 0 Å². The minimum absolute atomic E-state index is 0.134. The SMILES string of the molecule is CCCCc1ccc(C(=O)C(C)CC)c(C)c1. The summed E-state index contributed by atoms with van der Waals surface area (Å²) in [5.74, 6) is 0.419. The smallest absolute Gasteiger partial charge is 0.165 e. The lowest BCUT2D eigenvalue weighted by Gasteiger charge is -2.11. The van der Waals surface area contributed by atoms with Crippen LogP contribution in [0.5, 0.6) is 0 Å². The average molecular weight is 232 g/mol. The lowest BCUT2D eigenvalue weighted by atomic mass is 9.92. The van der Waals surface area contributed by atoms with Crippen LogP contribution in [-0.4, -0.2) is 5.78 Å². The Hall–Kier alpha value is -1.11. The molecule has 94 valence electrons. The van der Waals surface area contributed by atoms with Crippen LogP contribution < -0.4 is 0 Å². The first kappa shape index (κ1) is 14.0. The third-order valence-corrected chi connectivity index (χ3v) is 3.44. The topological polar surface area (TPSA) is 17.1 Å². The van der Waals surface area contributed by atoms with E-state index in [1.54, 1.807) is 0 Å². The number of carbonyl (C=O) groups excluding carboxylic acids is 1. The highest BCUT2D eigenvalue weighted by Crippen LogP contribution is 2.18. The largest absolute Gasteiger partial charge is 0.294 e. The Balaban J connectivity index is 2.86. The van der Waals surface area contributed by atoms with Gasteiger partial charge in [-0.1, -0.05) is 45.4 Å². The predicted octanol–water partition coefficient (Wildman–Crippen LogP) is 4.57. The minimum Gasteiger partial charge on any atom is -0.294 e. The molecule has 1 aromatic rings. The van der Waals surface area contributed by atoms with E-state index in [1.165, 1.54) is 18.4 Å². The van der Waals surface area contributed by atoms with E-state index in [1.807, 2.05) is 19.9 Å². The first-order valence-electron chi connectivity index (χ1n) is 6.73. The number of ketones is 1. The van der Waals surface area contributed by atoms with Gasteiger partial charge in [0.15, 0.2) is 5.78 Å². The van der Waals surface area contributed by atoms with Crippen LogP contribution in [0.15, 0.2) is 18.2 Å². The molecule has 0 fully saturated rings. The molecule has 0 spiro atoms. The van der Waals surface area contributed by atoms with Gasteiger partial charge in [0, 0.05) is 11.5 Å². The van der Waals surface area contributed by atoms with Gasteiger partial charge in [-0.05, 0) is 37.3 Å². The number of Topliss-reactive ketones (excluding diaryl/α,β-unsaturated/α-hetero) is 1. The number of carbonyl (C=O) groups is 1. The van der Waals surface area contributed by atoms with E-state index in [0.717, 1.165) is 24.0 Å². The highest BCUT2D eigenvalue weighted by atomic mass is 16.1. The Morgan fingerprint density at radius 2 is 2.00 bits per heavy atom. The second kappa shape index (κ2) is 6.58. The highest BCUT2D eigenvalue weighted by molar-refractivity contribution is 5.98. The highest BCUT2D eigenvalue weighted by Gasteiger charge is 2.15. The monoisotopic (exact) mass is 232 g/mol. The molecular formula is C16H24O. The van der Waals surface area contributed by atoms with Crippen molar-refractivity contribution in [2.75, 3.05) is 0 Å². The van der Waals surface area contributed by atoms with Gasteiger partial charge in [-0.2, -0.15) is 0 Å². The fourth-order valence-electron chi connectivity index (χ4n) is 1.99. The van der Waals surface area contributed by atoms with Gasteiger partial charge in [0.2, 0.25) is 0 Å². The summed E-state index contributed by atoms with van der Waals surface area (Å²) in [6, 6.07) is 6.29. The standard InChI is InChI=1S/C16H24O/c1-5-7-8-14-9-10-15(13(4)11-14)16(17)12(3)6-2/h9-12H,5-8H2,1-4H3. The molecular weight excluding hydrogens is 208 g/mol. The van der Waals surface area contributed by atoms with Gasteiger partial charge in [0.25, 0.3) is 0 Å². The summed E-state index contributed by atoms with van der Waals surface area (Å²) in [5, 5.41) is 0. The van der Waals surface area contributed by atoms with E-state index < -0.39 is 0 Å². The van der Waals surface area contributed by atoms with Crippen molar-refractivity contribution in [1.82, 2.24) is 0 Å². The van der Waals surface area contributed by atoms with Crippen molar-refractivity contribution in [2.45, 2.75) is 53.4 Å². The molecule has 0 bridgehead atoms. The number of benzene rings is 1. The van der Waals surface area contributed by atoms with Gasteiger partial charge in [0.1, 0.15) is 0 Å². The van der Waals surface area contributed by atoms with Gasteiger partial charge in [-0.3, -0.25) is 4.79 Å². The second-order valence-electron chi connectivity index (χ2n) is 4.93. The molecule has 0 aromatic heterocycles. The van der Waals surface area contributed by atoms with Gasteiger partial charge in [-0.15, -0.1) is 0 Å². The number of hydrogen-bond acceptors (Lipinski definition) is 1. The molecule has 1 nitrogen and oxygen atoms in total. The van der Waals surface area contributed by atoms with Gasteiger partial charge >= 0.3 is 0 Å². The number of unbranched alkanes of at least 4 members (excludes halogenated alkanes) is 1. The first-order chi connectivity index (χ1) is 8.10. The quantitative estimate of drug-likeness (QED) is 0.657. The van der Waals surface area contributed by atoms with Crippen LogP contribution in [0.3, 0.4) is 0 Å². The Morgan fingerprint density at radius 3 is 2.53 bits per heavy atom. The van der Waals surface area contributed by atoms with Crippen LogP contribution in [-0.2, 0) is 6.42 Å². The molecule has 1 unspecified atom stereocenters. The molecule has 0 aliphatic carbocycles. The molecule has 0 N–H and O–H groups in total. The zero-order chi connectivity index (χ0) is 12.8. The van der Waals surface area contributed by atoms with E-state index in [2.05, 4.69) is 26.0 Å². The van der Waals surface area contributed by atoms with E-state index >= 15 is 0 Å². The summed E-state index contributed by atoms with van der Waals surface area (Å²) in [4.78, 5) is 12.1. The molecule has 0 aliphatic rings. The summed E-state index contributed by atoms with van der Waals surface area (Å²) in [7, 11) is 0. The Bertz CT molecular complexity index is 379. The maximum atomic E-state index is 12.1. The van der Waals surface area contributed by atoms with Crippen LogP contribution in [0, 0.1) is 12.8 Å². The van der Waals surface area contributed by atoms with Crippen molar-refractivity contribution in [3.63, 3.8) is 0 Å². The third kappa shape index (κ3) is 3.69. The molecule has 1 atom stereocenters. The van der Waals surface area contributed by atoms with Crippen LogP contribution in [0.4, 0.5) is 0 Å². The van der Waals surface area contributed by atoms with Crippen LogP contribution >= 0.6 is 0 Å². The molecule has 0 radical (unpaired) electrons. The van der Waals surface area contributed by atoms with E-state index in [-0.39, 0.29) is 11.7 Å². The Morgan fingerprint density at radius 1 is 1.29 bits per heavy atom. The van der Waals surface area contributed by atoms with Crippen LogP contribution in [0.25, 0.3) is 0 Å². The Labute approximate surface area is 105 Å². The zero-order valence-electron chi connectivity index (χ0n) is 11.5. The Kier molecular flexibility index (Phi) is 5.40. The van der Waals surface area contributed by atoms with Crippen molar-refractivity contribution < 1.29 is 4.79 Å².